The summed E-state index contributed by atoms with van der Waals surface area (Å²) in [6, 6.07) is -0.876. The number of rotatable bonds is 34. The van der Waals surface area contributed by atoms with E-state index in [0.717, 1.165) is 38.5 Å². The number of likely N-dealkylation sites (N-methyl/N-ethyl adjacent to an activating group) is 1. The van der Waals surface area contributed by atoms with Crippen LogP contribution in [0, 0.1) is 0 Å². The number of phosphoric acid groups is 1. The first-order valence-corrected chi connectivity index (χ1v) is 20.5. The minimum atomic E-state index is -4.57. The van der Waals surface area contributed by atoms with Gasteiger partial charge in [-0.15, -0.1) is 0 Å². The number of carbonyl (C=O) groups excluding carboxylic acids is 1. The van der Waals surface area contributed by atoms with Crippen LogP contribution < -0.4 is 10.2 Å². The zero-order valence-electron chi connectivity index (χ0n) is 30.8. The molecule has 1 amide bonds. The fraction of sp³-hybridized carbons (Fsp3) is 0.919. The average Bonchev–Trinajstić information content (AvgIpc) is 2.99. The van der Waals surface area contributed by atoms with E-state index in [1.165, 1.54) is 109 Å². The van der Waals surface area contributed by atoms with Crippen molar-refractivity contribution in [2.75, 3.05) is 40.9 Å². The molecule has 0 aliphatic rings. The summed E-state index contributed by atoms with van der Waals surface area (Å²) in [5, 5.41) is 13.6. The maximum absolute atomic E-state index is 12.7. The van der Waals surface area contributed by atoms with Crippen LogP contribution in [0.5, 0.6) is 0 Å². The molecule has 1 unspecified atom stereocenters. The van der Waals surface area contributed by atoms with E-state index in [1.54, 1.807) is 6.08 Å². The second-order valence-corrected chi connectivity index (χ2v) is 15.7. The number of nitrogens with zero attached hydrogens (tertiary/aromatic N) is 1. The number of aliphatic hydroxyl groups is 1. The molecule has 0 fully saturated rings. The van der Waals surface area contributed by atoms with E-state index >= 15 is 0 Å². The minimum absolute atomic E-state index is 0.00139. The van der Waals surface area contributed by atoms with E-state index in [0.29, 0.717) is 17.4 Å². The fourth-order valence-corrected chi connectivity index (χ4v) is 6.11. The van der Waals surface area contributed by atoms with Gasteiger partial charge in [0.05, 0.1) is 39.9 Å². The Bertz CT molecular complexity index is 773. The van der Waals surface area contributed by atoms with E-state index in [2.05, 4.69) is 19.2 Å². The third-order valence-electron chi connectivity index (χ3n) is 8.50. The maximum atomic E-state index is 12.7. The molecule has 46 heavy (non-hydrogen) atoms. The van der Waals surface area contributed by atoms with Crippen LogP contribution in [-0.2, 0) is 18.4 Å². The number of aliphatic hydroxyl groups excluding tert-OH is 1. The number of carbonyl (C=O) groups is 1. The number of hydrogen-bond donors (Lipinski definition) is 2. The lowest BCUT2D eigenvalue weighted by atomic mass is 10.0. The van der Waals surface area contributed by atoms with E-state index in [1.807, 2.05) is 27.2 Å². The van der Waals surface area contributed by atoms with Crippen LogP contribution in [0.3, 0.4) is 0 Å². The Morgan fingerprint density at radius 3 is 1.63 bits per heavy atom. The normalized spacial score (nSPS) is 14.8. The lowest BCUT2D eigenvalue weighted by molar-refractivity contribution is -0.870. The van der Waals surface area contributed by atoms with Crippen molar-refractivity contribution in [1.29, 1.82) is 0 Å². The van der Waals surface area contributed by atoms with Gasteiger partial charge in [0, 0.05) is 6.42 Å². The highest BCUT2D eigenvalue weighted by Gasteiger charge is 2.23. The Morgan fingerprint density at radius 2 is 1.17 bits per heavy atom. The first-order valence-electron chi connectivity index (χ1n) is 19.1. The molecule has 3 atom stereocenters. The largest absolute Gasteiger partial charge is 0.756 e. The molecule has 0 rings (SSSR count). The van der Waals surface area contributed by atoms with Crippen LogP contribution in [-0.4, -0.2) is 68.5 Å². The highest BCUT2D eigenvalue weighted by Crippen LogP contribution is 2.38. The van der Waals surface area contributed by atoms with Crippen molar-refractivity contribution in [3.8, 4) is 0 Å². The summed E-state index contributed by atoms with van der Waals surface area (Å²) in [7, 11) is 1.26. The Labute approximate surface area is 284 Å². The summed E-state index contributed by atoms with van der Waals surface area (Å²) >= 11 is 0. The number of amides is 1. The van der Waals surface area contributed by atoms with Crippen LogP contribution in [0.15, 0.2) is 12.2 Å². The molecule has 0 aliphatic heterocycles. The molecule has 0 heterocycles. The SMILES string of the molecule is CCCCCCCCC/C=C/[C@@H](O)[C@H](COP(=O)([O-])OCC[N+](C)(C)C)NC(=O)CCCCCCCCCCCCCCCCC. The number of quaternary nitrogens is 1. The molecule has 0 saturated carbocycles. The van der Waals surface area contributed by atoms with E-state index < -0.39 is 20.0 Å². The second-order valence-electron chi connectivity index (χ2n) is 14.3. The average molecular weight is 675 g/mol. The predicted octanol–water partition coefficient (Wildman–Crippen LogP) is 9.00. The van der Waals surface area contributed by atoms with Gasteiger partial charge < -0.3 is 28.8 Å². The van der Waals surface area contributed by atoms with E-state index in [-0.39, 0.29) is 19.1 Å². The number of unbranched alkanes of at least 4 members (excludes halogenated alkanes) is 21. The smallest absolute Gasteiger partial charge is 0.268 e. The summed E-state index contributed by atoms with van der Waals surface area (Å²) in [5.41, 5.74) is 0. The number of hydrogen-bond acceptors (Lipinski definition) is 6. The molecule has 8 nitrogen and oxygen atoms in total. The molecule has 0 saturated heterocycles. The quantitative estimate of drug-likeness (QED) is 0.0305. The first-order chi connectivity index (χ1) is 22.0. The minimum Gasteiger partial charge on any atom is -0.756 e. The van der Waals surface area contributed by atoms with Gasteiger partial charge >= 0.3 is 0 Å². The molecule has 0 aliphatic carbocycles. The van der Waals surface area contributed by atoms with Gasteiger partial charge in [0.25, 0.3) is 7.82 Å². The maximum Gasteiger partial charge on any atom is 0.268 e. The van der Waals surface area contributed by atoms with Crippen LogP contribution in [0.25, 0.3) is 0 Å². The highest BCUT2D eigenvalue weighted by atomic mass is 31.2. The molecule has 0 aromatic carbocycles. The first kappa shape index (κ1) is 45.2. The molecule has 0 aromatic rings. The van der Waals surface area contributed by atoms with Crippen LogP contribution in [0.2, 0.25) is 0 Å². The molecule has 0 aromatic heterocycles. The Hall–Kier alpha value is -0.760. The zero-order chi connectivity index (χ0) is 34.4. The third kappa shape index (κ3) is 31.8. The van der Waals surface area contributed by atoms with Crippen LogP contribution in [0.1, 0.15) is 168 Å². The Balaban J connectivity index is 4.44. The van der Waals surface area contributed by atoms with Crippen molar-refractivity contribution in [3.63, 3.8) is 0 Å². The van der Waals surface area contributed by atoms with E-state index in [9.17, 15) is 19.4 Å². The van der Waals surface area contributed by atoms with Crippen molar-refractivity contribution in [2.24, 2.45) is 0 Å². The molecular formula is C37H75N2O6P. The second kappa shape index (κ2) is 30.3. The predicted molar refractivity (Wildman–Crippen MR) is 192 cm³/mol. The van der Waals surface area contributed by atoms with Crippen molar-refractivity contribution in [2.45, 2.75) is 180 Å². The van der Waals surface area contributed by atoms with Gasteiger partial charge in [-0.3, -0.25) is 9.36 Å². The summed E-state index contributed by atoms with van der Waals surface area (Å²) in [6.07, 6.45) is 31.1. The molecule has 274 valence electrons. The van der Waals surface area contributed by atoms with E-state index in [4.69, 9.17) is 9.05 Å². The Kier molecular flexibility index (Phi) is 29.8. The van der Waals surface area contributed by atoms with Gasteiger partial charge in [-0.25, -0.2) is 0 Å². The standard InChI is InChI=1S/C37H75N2O6P/c1-6-8-10-12-14-16-17-18-19-20-21-23-25-27-29-31-37(41)38-35(34-45-46(42,43)44-33-32-39(3,4)5)36(40)30-28-26-24-22-15-13-11-9-7-2/h28,30,35-36,40H,6-27,29,31-34H2,1-5H3,(H-,38,41,42,43)/b30-28+/t35-,36+/m0/s1. The third-order valence-corrected chi connectivity index (χ3v) is 9.46. The zero-order valence-corrected chi connectivity index (χ0v) is 31.7. The topological polar surface area (TPSA) is 108 Å². The van der Waals surface area contributed by atoms with Crippen molar-refractivity contribution < 1.29 is 32.9 Å². The van der Waals surface area contributed by atoms with Crippen LogP contribution >= 0.6 is 7.82 Å². The summed E-state index contributed by atoms with van der Waals surface area (Å²) in [6.45, 7) is 4.60. The number of phosphoric ester groups is 1. The molecule has 0 spiro atoms. The van der Waals surface area contributed by atoms with Crippen molar-refractivity contribution in [3.05, 3.63) is 12.2 Å². The molecular weight excluding hydrogens is 599 g/mol. The Morgan fingerprint density at radius 1 is 0.739 bits per heavy atom. The van der Waals surface area contributed by atoms with Gasteiger partial charge in [0.2, 0.25) is 5.91 Å². The van der Waals surface area contributed by atoms with Crippen molar-refractivity contribution >= 4 is 13.7 Å². The van der Waals surface area contributed by atoms with Gasteiger partial charge in [0.1, 0.15) is 13.2 Å². The summed E-state index contributed by atoms with van der Waals surface area (Å²) < 4.78 is 23.0. The van der Waals surface area contributed by atoms with Crippen molar-refractivity contribution in [1.82, 2.24) is 5.32 Å². The monoisotopic (exact) mass is 675 g/mol. The van der Waals surface area contributed by atoms with Gasteiger partial charge in [0.15, 0.2) is 0 Å². The lowest BCUT2D eigenvalue weighted by Gasteiger charge is -2.29. The molecule has 0 bridgehead atoms. The van der Waals surface area contributed by atoms with Gasteiger partial charge in [-0.1, -0.05) is 154 Å². The van der Waals surface area contributed by atoms with Gasteiger partial charge in [-0.05, 0) is 19.3 Å². The summed E-state index contributed by atoms with van der Waals surface area (Å²) in [5.74, 6) is -0.200. The summed E-state index contributed by atoms with van der Waals surface area (Å²) in [4.78, 5) is 25.1. The van der Waals surface area contributed by atoms with Crippen LogP contribution in [0.4, 0.5) is 0 Å². The molecule has 0 radical (unpaired) electrons. The number of allylic oxidation sites excluding steroid dienone is 1. The molecule has 2 N–H and O–H groups in total. The molecule has 9 heteroatoms. The fourth-order valence-electron chi connectivity index (χ4n) is 5.39. The lowest BCUT2D eigenvalue weighted by Crippen LogP contribution is -2.45. The highest BCUT2D eigenvalue weighted by molar-refractivity contribution is 7.45. The number of nitrogens with one attached hydrogen (secondary N) is 1. The van der Waals surface area contributed by atoms with Gasteiger partial charge in [-0.2, -0.15) is 0 Å².